The van der Waals surface area contributed by atoms with Crippen molar-refractivity contribution in [3.05, 3.63) is 42.2 Å². The van der Waals surface area contributed by atoms with E-state index in [1.165, 1.54) is 11.1 Å². The number of H-pyrrole nitrogens is 1. The summed E-state index contributed by atoms with van der Waals surface area (Å²) < 4.78 is 0. The van der Waals surface area contributed by atoms with Crippen LogP contribution in [-0.2, 0) is 4.79 Å². The summed E-state index contributed by atoms with van der Waals surface area (Å²) in [5.41, 5.74) is 3.39. The molecule has 10 nitrogen and oxygen atoms in total. The van der Waals surface area contributed by atoms with Crippen LogP contribution < -0.4 is 10.2 Å². The predicted octanol–water partition coefficient (Wildman–Crippen LogP) is 0.721. The van der Waals surface area contributed by atoms with E-state index in [9.17, 15) is 14.7 Å². The van der Waals surface area contributed by atoms with Crippen molar-refractivity contribution < 1.29 is 14.7 Å². The van der Waals surface area contributed by atoms with E-state index < -0.39 is 18.0 Å². The molecule has 31 heavy (non-hydrogen) atoms. The van der Waals surface area contributed by atoms with Gasteiger partial charge in [-0.05, 0) is 12.1 Å². The topological polar surface area (TPSA) is 138 Å². The van der Waals surface area contributed by atoms with E-state index in [1.54, 1.807) is 6.20 Å². The number of rotatable bonds is 5. The van der Waals surface area contributed by atoms with Crippen molar-refractivity contribution in [2.45, 2.75) is 6.23 Å². The lowest BCUT2D eigenvalue weighted by Gasteiger charge is -2.36. The van der Waals surface area contributed by atoms with Crippen LogP contribution in [0.3, 0.4) is 0 Å². The quantitative estimate of drug-likeness (QED) is 0.518. The van der Waals surface area contributed by atoms with Gasteiger partial charge in [-0.15, -0.1) is 0 Å². The fourth-order valence-electron chi connectivity index (χ4n) is 3.31. The van der Waals surface area contributed by atoms with E-state index >= 15 is 0 Å². The number of carbonyl (C=O) groups is 2. The SMILES string of the molecule is CN(C)c1ccc(-c2cnc3[nH]cc(C(=O)N[C@H](O)C(=O)N4CC(C#N)C4)c3n2)cc1. The monoisotopic (exact) mass is 419 g/mol. The predicted molar refractivity (Wildman–Crippen MR) is 113 cm³/mol. The van der Waals surface area contributed by atoms with E-state index in [0.717, 1.165) is 11.3 Å². The van der Waals surface area contributed by atoms with Crippen LogP contribution >= 0.6 is 0 Å². The smallest absolute Gasteiger partial charge is 0.272 e. The van der Waals surface area contributed by atoms with Gasteiger partial charge in [-0.25, -0.2) is 9.97 Å². The van der Waals surface area contributed by atoms with Crippen LogP contribution in [0.25, 0.3) is 22.4 Å². The van der Waals surface area contributed by atoms with Crippen LogP contribution in [0.4, 0.5) is 5.69 Å². The molecule has 2 amide bonds. The zero-order chi connectivity index (χ0) is 22.1. The summed E-state index contributed by atoms with van der Waals surface area (Å²) >= 11 is 0. The molecule has 1 atom stereocenters. The summed E-state index contributed by atoms with van der Waals surface area (Å²) in [6.07, 6.45) is 1.34. The number of nitrogens with one attached hydrogen (secondary N) is 2. The number of fused-ring (bicyclic) bond motifs is 1. The normalized spacial score (nSPS) is 14.6. The summed E-state index contributed by atoms with van der Waals surface area (Å²) in [7, 11) is 3.91. The number of amides is 2. The third-order valence-electron chi connectivity index (χ3n) is 5.18. The van der Waals surface area contributed by atoms with Gasteiger partial charge in [-0.2, -0.15) is 5.26 Å². The second-order valence-electron chi connectivity index (χ2n) is 7.54. The first kappa shape index (κ1) is 20.3. The summed E-state index contributed by atoms with van der Waals surface area (Å²) in [4.78, 5) is 39.9. The van der Waals surface area contributed by atoms with Gasteiger partial charge in [0, 0.05) is 44.6 Å². The van der Waals surface area contributed by atoms with Gasteiger partial charge in [0.2, 0.25) is 6.23 Å². The molecule has 2 aromatic heterocycles. The molecule has 3 aromatic rings. The first-order valence-corrected chi connectivity index (χ1v) is 9.66. The maximum Gasteiger partial charge on any atom is 0.272 e. The summed E-state index contributed by atoms with van der Waals surface area (Å²) in [5, 5.41) is 21.2. The lowest BCUT2D eigenvalue weighted by Crippen LogP contribution is -2.56. The van der Waals surface area contributed by atoms with Crippen LogP contribution in [0.2, 0.25) is 0 Å². The number of hydrogen-bond donors (Lipinski definition) is 3. The Kier molecular flexibility index (Phi) is 5.27. The lowest BCUT2D eigenvalue weighted by atomic mass is 10.0. The van der Waals surface area contributed by atoms with Crippen molar-refractivity contribution >= 4 is 28.7 Å². The average molecular weight is 419 g/mol. The Labute approximate surface area is 178 Å². The van der Waals surface area contributed by atoms with Gasteiger partial charge < -0.3 is 25.2 Å². The number of hydrogen-bond acceptors (Lipinski definition) is 7. The molecular formula is C21H21N7O3. The maximum absolute atomic E-state index is 12.7. The minimum absolute atomic E-state index is 0.166. The van der Waals surface area contributed by atoms with Crippen molar-refractivity contribution in [2.75, 3.05) is 32.1 Å². The van der Waals surface area contributed by atoms with E-state index in [1.807, 2.05) is 43.3 Å². The van der Waals surface area contributed by atoms with Gasteiger partial charge in [0.25, 0.3) is 11.8 Å². The molecule has 0 spiro atoms. The molecule has 1 aliphatic heterocycles. The molecule has 10 heteroatoms. The molecule has 1 aromatic carbocycles. The summed E-state index contributed by atoms with van der Waals surface area (Å²) in [6, 6.07) is 9.81. The van der Waals surface area contributed by atoms with Crippen molar-refractivity contribution in [1.82, 2.24) is 25.2 Å². The molecule has 0 bridgehead atoms. The van der Waals surface area contributed by atoms with Gasteiger partial charge in [0.15, 0.2) is 5.65 Å². The number of nitrogens with zero attached hydrogens (tertiary/aromatic N) is 5. The molecule has 1 aliphatic rings. The Morgan fingerprint density at radius 1 is 1.32 bits per heavy atom. The number of likely N-dealkylation sites (tertiary alicyclic amines) is 1. The number of aromatic nitrogens is 3. The minimum atomic E-state index is -1.70. The maximum atomic E-state index is 12.7. The van der Waals surface area contributed by atoms with Crippen molar-refractivity contribution in [2.24, 2.45) is 5.92 Å². The highest BCUT2D eigenvalue weighted by molar-refractivity contribution is 6.06. The number of benzene rings is 1. The van der Waals surface area contributed by atoms with Crippen molar-refractivity contribution in [3.63, 3.8) is 0 Å². The number of aliphatic hydroxyl groups is 1. The minimum Gasteiger partial charge on any atom is -0.378 e. The van der Waals surface area contributed by atoms with Gasteiger partial charge in [0.1, 0.15) is 5.52 Å². The number of aromatic amines is 1. The molecule has 0 saturated carbocycles. The van der Waals surface area contributed by atoms with E-state index in [4.69, 9.17) is 5.26 Å². The second kappa shape index (κ2) is 8.04. The van der Waals surface area contributed by atoms with E-state index in [2.05, 4.69) is 26.3 Å². The summed E-state index contributed by atoms with van der Waals surface area (Å²) in [5.74, 6) is -1.53. The van der Waals surface area contributed by atoms with Crippen LogP contribution in [0.1, 0.15) is 10.4 Å². The fraction of sp³-hybridized carbons (Fsp3) is 0.286. The number of anilines is 1. The van der Waals surface area contributed by atoms with Crippen LogP contribution in [-0.4, -0.2) is 70.2 Å². The molecule has 1 fully saturated rings. The third kappa shape index (κ3) is 3.91. The molecule has 4 rings (SSSR count). The zero-order valence-electron chi connectivity index (χ0n) is 17.0. The Balaban J connectivity index is 1.52. The molecule has 0 aliphatic carbocycles. The summed E-state index contributed by atoms with van der Waals surface area (Å²) in [6.45, 7) is 0.494. The van der Waals surface area contributed by atoms with Gasteiger partial charge in [0.05, 0.1) is 29.4 Å². The molecule has 0 unspecified atom stereocenters. The Morgan fingerprint density at radius 2 is 2.03 bits per heavy atom. The molecule has 3 N–H and O–H groups in total. The zero-order valence-corrected chi connectivity index (χ0v) is 17.0. The van der Waals surface area contributed by atoms with Crippen LogP contribution in [0.15, 0.2) is 36.7 Å². The largest absolute Gasteiger partial charge is 0.378 e. The average Bonchev–Trinajstić information content (AvgIpc) is 3.16. The third-order valence-corrected chi connectivity index (χ3v) is 5.18. The highest BCUT2D eigenvalue weighted by Gasteiger charge is 2.34. The lowest BCUT2D eigenvalue weighted by molar-refractivity contribution is -0.146. The highest BCUT2D eigenvalue weighted by atomic mass is 16.3. The Bertz CT molecular complexity index is 1170. The molecule has 1 saturated heterocycles. The fourth-order valence-corrected chi connectivity index (χ4v) is 3.31. The Hall–Kier alpha value is -3.97. The first-order chi connectivity index (χ1) is 14.9. The standard InChI is InChI=1S/C21H21N7O3/c1-27(2)14-5-3-13(4-6-14)16-9-24-18-17(25-16)15(8-23-18)19(29)26-20(30)21(31)28-10-12(7-22)11-28/h3-6,8-9,12,20,30H,10-11H2,1-2H3,(H,23,24)(H,26,29)/t20-/m1/s1. The van der Waals surface area contributed by atoms with E-state index in [-0.39, 0.29) is 24.6 Å². The first-order valence-electron chi connectivity index (χ1n) is 9.66. The molecule has 0 radical (unpaired) electrons. The number of aliphatic hydroxyl groups excluding tert-OH is 1. The second-order valence-corrected chi connectivity index (χ2v) is 7.54. The molecular weight excluding hydrogens is 398 g/mol. The van der Waals surface area contributed by atoms with Crippen molar-refractivity contribution in [3.8, 4) is 17.3 Å². The number of nitriles is 1. The van der Waals surface area contributed by atoms with E-state index in [0.29, 0.717) is 16.9 Å². The number of carbonyl (C=O) groups excluding carboxylic acids is 2. The van der Waals surface area contributed by atoms with Gasteiger partial charge in [-0.3, -0.25) is 9.59 Å². The Morgan fingerprint density at radius 3 is 2.68 bits per heavy atom. The van der Waals surface area contributed by atoms with Crippen molar-refractivity contribution in [1.29, 1.82) is 5.26 Å². The molecule has 158 valence electrons. The van der Waals surface area contributed by atoms with Gasteiger partial charge >= 0.3 is 0 Å². The van der Waals surface area contributed by atoms with Crippen LogP contribution in [0, 0.1) is 17.2 Å². The van der Waals surface area contributed by atoms with Gasteiger partial charge in [-0.1, -0.05) is 12.1 Å². The highest BCUT2D eigenvalue weighted by Crippen LogP contribution is 2.23. The molecule has 3 heterocycles. The van der Waals surface area contributed by atoms with Crippen LogP contribution in [0.5, 0.6) is 0 Å².